The molecule has 0 atom stereocenters. The Bertz CT molecular complexity index is 219. The molecule has 98 valence electrons. The zero-order chi connectivity index (χ0) is 13.4. The summed E-state index contributed by atoms with van der Waals surface area (Å²) in [6.45, 7) is 1.13. The second kappa shape index (κ2) is 17.1. The van der Waals surface area contributed by atoms with E-state index in [4.69, 9.17) is 10.8 Å². The van der Waals surface area contributed by atoms with Gasteiger partial charge in [0.25, 0.3) is 0 Å². The quantitative estimate of drug-likeness (QED) is 0.575. The van der Waals surface area contributed by atoms with Crippen molar-refractivity contribution in [1.82, 2.24) is 5.32 Å². The summed E-state index contributed by atoms with van der Waals surface area (Å²) in [4.78, 5) is 9.82. The molecule has 0 unspecified atom stereocenters. The SMILES string of the molecule is CCl.NCCCCNC(=O)O.c1ccccc1. The third-order valence-corrected chi connectivity index (χ3v) is 1.57. The van der Waals surface area contributed by atoms with E-state index in [9.17, 15) is 4.79 Å². The topological polar surface area (TPSA) is 75.3 Å². The van der Waals surface area contributed by atoms with E-state index in [-0.39, 0.29) is 0 Å². The number of benzene rings is 1. The number of alkyl halides is 1. The van der Waals surface area contributed by atoms with Crippen LogP contribution < -0.4 is 11.1 Å². The second-order valence-electron chi connectivity index (χ2n) is 2.88. The lowest BCUT2D eigenvalue weighted by Gasteiger charge is -1.96. The Morgan fingerprint density at radius 1 is 1.12 bits per heavy atom. The molecule has 1 rings (SSSR count). The van der Waals surface area contributed by atoms with Crippen molar-refractivity contribution in [3.63, 3.8) is 0 Å². The van der Waals surface area contributed by atoms with Crippen molar-refractivity contribution in [3.05, 3.63) is 36.4 Å². The van der Waals surface area contributed by atoms with Gasteiger partial charge in [0.05, 0.1) is 0 Å². The monoisotopic (exact) mass is 260 g/mol. The predicted molar refractivity (Wildman–Crippen MR) is 72.5 cm³/mol. The van der Waals surface area contributed by atoms with Gasteiger partial charge in [-0.2, -0.15) is 0 Å². The van der Waals surface area contributed by atoms with E-state index in [1.54, 1.807) is 0 Å². The number of rotatable bonds is 4. The fraction of sp³-hybridized carbons (Fsp3) is 0.417. The summed E-state index contributed by atoms with van der Waals surface area (Å²) in [5, 5.41) is 10.3. The molecule has 0 bridgehead atoms. The first-order valence-corrected chi connectivity index (χ1v) is 6.07. The van der Waals surface area contributed by atoms with E-state index < -0.39 is 6.09 Å². The normalized spacial score (nSPS) is 7.94. The molecule has 0 heterocycles. The number of nitrogens with two attached hydrogens (primary N) is 1. The highest BCUT2D eigenvalue weighted by Gasteiger charge is 1.90. The van der Waals surface area contributed by atoms with Crippen LogP contribution in [0.1, 0.15) is 12.8 Å². The molecule has 0 radical (unpaired) electrons. The molecule has 17 heavy (non-hydrogen) atoms. The van der Waals surface area contributed by atoms with Crippen molar-refractivity contribution in [2.75, 3.05) is 19.5 Å². The van der Waals surface area contributed by atoms with Crippen LogP contribution in [-0.2, 0) is 0 Å². The van der Waals surface area contributed by atoms with Gasteiger partial charge in [-0.3, -0.25) is 0 Å². The maximum Gasteiger partial charge on any atom is 0.404 e. The fourth-order valence-corrected chi connectivity index (χ4v) is 0.850. The van der Waals surface area contributed by atoms with Gasteiger partial charge in [0, 0.05) is 12.9 Å². The van der Waals surface area contributed by atoms with Gasteiger partial charge < -0.3 is 16.2 Å². The van der Waals surface area contributed by atoms with Crippen molar-refractivity contribution in [2.24, 2.45) is 5.73 Å². The van der Waals surface area contributed by atoms with Crippen LogP contribution in [0.5, 0.6) is 0 Å². The van der Waals surface area contributed by atoms with Crippen LogP contribution >= 0.6 is 11.6 Å². The van der Waals surface area contributed by atoms with Crippen molar-refractivity contribution >= 4 is 17.7 Å². The minimum absolute atomic E-state index is 0.506. The maximum absolute atomic E-state index is 9.82. The Kier molecular flexibility index (Phi) is 18.3. The standard InChI is InChI=1S/C6H6.C5H12N2O2.CH3Cl/c1-2-4-6-5-3-1;6-3-1-2-4-7-5(8)9;1-2/h1-6H;7H,1-4,6H2,(H,8,9);1H3. The molecule has 0 aromatic heterocycles. The number of amides is 1. The van der Waals surface area contributed by atoms with Gasteiger partial charge in [-0.05, 0) is 19.4 Å². The van der Waals surface area contributed by atoms with E-state index in [0.717, 1.165) is 12.8 Å². The number of carbonyl (C=O) groups is 1. The summed E-state index contributed by atoms with van der Waals surface area (Å²) in [6, 6.07) is 12.0. The van der Waals surface area contributed by atoms with Crippen LogP contribution in [0.25, 0.3) is 0 Å². The zero-order valence-electron chi connectivity index (χ0n) is 10.1. The predicted octanol–water partition coefficient (Wildman–Crippen LogP) is 2.53. The molecule has 0 aliphatic carbocycles. The van der Waals surface area contributed by atoms with Gasteiger partial charge in [-0.15, -0.1) is 11.6 Å². The highest BCUT2D eigenvalue weighted by Crippen LogP contribution is 1.81. The highest BCUT2D eigenvalue weighted by molar-refractivity contribution is 6.15. The minimum Gasteiger partial charge on any atom is -0.465 e. The Morgan fingerprint density at radius 3 is 1.82 bits per heavy atom. The molecule has 0 saturated heterocycles. The molecule has 1 aromatic rings. The van der Waals surface area contributed by atoms with Crippen molar-refractivity contribution in [2.45, 2.75) is 12.8 Å². The fourth-order valence-electron chi connectivity index (χ4n) is 0.850. The number of hydrogen-bond donors (Lipinski definition) is 3. The average Bonchev–Trinajstić information content (AvgIpc) is 2.40. The number of unbranched alkanes of at least 4 members (excludes halogenated alkanes) is 1. The summed E-state index contributed by atoms with van der Waals surface area (Å²) in [5.41, 5.74) is 5.17. The van der Waals surface area contributed by atoms with Gasteiger partial charge >= 0.3 is 6.09 Å². The largest absolute Gasteiger partial charge is 0.465 e. The summed E-state index contributed by atoms with van der Waals surface area (Å²) in [5.74, 6) is 0. The molecular formula is C12H21ClN2O2. The molecule has 0 aliphatic rings. The number of hydrogen-bond acceptors (Lipinski definition) is 2. The third-order valence-electron chi connectivity index (χ3n) is 1.57. The smallest absolute Gasteiger partial charge is 0.404 e. The van der Waals surface area contributed by atoms with Crippen LogP contribution in [0, 0.1) is 0 Å². The Balaban J connectivity index is 0. The number of halogens is 1. The molecule has 0 fully saturated rings. The van der Waals surface area contributed by atoms with Gasteiger partial charge in [0.1, 0.15) is 0 Å². The van der Waals surface area contributed by atoms with E-state index in [0.29, 0.717) is 13.1 Å². The van der Waals surface area contributed by atoms with E-state index in [2.05, 4.69) is 16.9 Å². The minimum atomic E-state index is -0.966. The van der Waals surface area contributed by atoms with Crippen molar-refractivity contribution in [3.8, 4) is 0 Å². The van der Waals surface area contributed by atoms with E-state index in [1.807, 2.05) is 36.4 Å². The van der Waals surface area contributed by atoms with Gasteiger partial charge in [0.2, 0.25) is 0 Å². The lowest BCUT2D eigenvalue weighted by molar-refractivity contribution is 0.194. The highest BCUT2D eigenvalue weighted by atomic mass is 35.5. The Hall–Kier alpha value is -1.26. The lowest BCUT2D eigenvalue weighted by atomic mass is 10.3. The summed E-state index contributed by atoms with van der Waals surface area (Å²) in [6.07, 6.45) is 2.20. The molecule has 1 amide bonds. The molecule has 0 spiro atoms. The second-order valence-corrected chi connectivity index (χ2v) is 2.88. The zero-order valence-corrected chi connectivity index (χ0v) is 10.9. The van der Waals surface area contributed by atoms with Crippen LogP contribution in [-0.4, -0.2) is 30.7 Å². The molecule has 4 N–H and O–H groups in total. The molecule has 5 heteroatoms. The van der Waals surface area contributed by atoms with Gasteiger partial charge in [-0.1, -0.05) is 36.4 Å². The maximum atomic E-state index is 9.82. The number of nitrogens with one attached hydrogen (secondary N) is 1. The van der Waals surface area contributed by atoms with Gasteiger partial charge in [0.15, 0.2) is 0 Å². The molecule has 1 aromatic carbocycles. The van der Waals surface area contributed by atoms with Crippen LogP contribution in [0.2, 0.25) is 0 Å². The van der Waals surface area contributed by atoms with Crippen molar-refractivity contribution < 1.29 is 9.90 Å². The van der Waals surface area contributed by atoms with E-state index in [1.165, 1.54) is 6.38 Å². The first-order chi connectivity index (χ1) is 8.27. The molecular weight excluding hydrogens is 240 g/mol. The lowest BCUT2D eigenvalue weighted by Crippen LogP contribution is -2.22. The van der Waals surface area contributed by atoms with Crippen LogP contribution in [0.4, 0.5) is 4.79 Å². The first-order valence-electron chi connectivity index (χ1n) is 5.32. The van der Waals surface area contributed by atoms with Gasteiger partial charge in [-0.25, -0.2) is 4.79 Å². The van der Waals surface area contributed by atoms with Crippen LogP contribution in [0.3, 0.4) is 0 Å². The molecule has 4 nitrogen and oxygen atoms in total. The first kappa shape index (κ1) is 18.1. The van der Waals surface area contributed by atoms with Crippen molar-refractivity contribution in [1.29, 1.82) is 0 Å². The average molecular weight is 261 g/mol. The summed E-state index contributed by atoms with van der Waals surface area (Å²) in [7, 11) is 0. The Labute approximate surface area is 108 Å². The summed E-state index contributed by atoms with van der Waals surface area (Å²) < 4.78 is 0. The molecule has 0 aliphatic heterocycles. The van der Waals surface area contributed by atoms with Crippen LogP contribution in [0.15, 0.2) is 36.4 Å². The number of carboxylic acid groups (broad SMARTS) is 1. The summed E-state index contributed by atoms with van der Waals surface area (Å²) >= 11 is 4.64. The van der Waals surface area contributed by atoms with E-state index >= 15 is 0 Å². The molecule has 0 saturated carbocycles. The third kappa shape index (κ3) is 20.7. The Morgan fingerprint density at radius 2 is 1.53 bits per heavy atom.